The number of carbonyl (C=O) groups is 1. The summed E-state index contributed by atoms with van der Waals surface area (Å²) in [5.41, 5.74) is 5.39. The molecule has 0 fully saturated rings. The SMILES string of the molecule is CCc1cccc(CC)c1NC(=O)[C@H](C)Oc1cc(C)ccc1C. The first-order valence-electron chi connectivity index (χ1n) is 8.61. The van der Waals surface area contributed by atoms with Crippen molar-refractivity contribution in [3.63, 3.8) is 0 Å². The van der Waals surface area contributed by atoms with Gasteiger partial charge in [0.05, 0.1) is 0 Å². The van der Waals surface area contributed by atoms with Crippen LogP contribution in [-0.4, -0.2) is 12.0 Å². The number of hydrogen-bond acceptors (Lipinski definition) is 2. The Morgan fingerprint density at radius 2 is 1.71 bits per heavy atom. The molecule has 0 bridgehead atoms. The van der Waals surface area contributed by atoms with Crippen LogP contribution in [0, 0.1) is 13.8 Å². The highest BCUT2D eigenvalue weighted by Gasteiger charge is 2.18. The lowest BCUT2D eigenvalue weighted by Gasteiger charge is -2.19. The Morgan fingerprint density at radius 1 is 1.08 bits per heavy atom. The summed E-state index contributed by atoms with van der Waals surface area (Å²) in [4.78, 5) is 12.6. The van der Waals surface area contributed by atoms with Crippen molar-refractivity contribution in [3.8, 4) is 5.75 Å². The molecule has 0 spiro atoms. The summed E-state index contributed by atoms with van der Waals surface area (Å²) in [6, 6.07) is 12.2. The topological polar surface area (TPSA) is 38.3 Å². The molecule has 24 heavy (non-hydrogen) atoms. The summed E-state index contributed by atoms with van der Waals surface area (Å²) in [7, 11) is 0. The average Bonchev–Trinajstić information content (AvgIpc) is 2.58. The smallest absolute Gasteiger partial charge is 0.265 e. The van der Waals surface area contributed by atoms with E-state index in [9.17, 15) is 4.79 Å². The average molecular weight is 325 g/mol. The van der Waals surface area contributed by atoms with Crippen LogP contribution in [0.15, 0.2) is 36.4 Å². The fraction of sp³-hybridized carbons (Fsp3) is 0.381. The van der Waals surface area contributed by atoms with E-state index in [-0.39, 0.29) is 5.91 Å². The van der Waals surface area contributed by atoms with Gasteiger partial charge < -0.3 is 10.1 Å². The molecule has 0 aliphatic carbocycles. The maximum Gasteiger partial charge on any atom is 0.265 e. The first-order chi connectivity index (χ1) is 11.5. The highest BCUT2D eigenvalue weighted by molar-refractivity contribution is 5.95. The summed E-state index contributed by atoms with van der Waals surface area (Å²) in [6.07, 6.45) is 1.21. The van der Waals surface area contributed by atoms with Crippen LogP contribution in [0.5, 0.6) is 5.75 Å². The van der Waals surface area contributed by atoms with Gasteiger partial charge in [0.2, 0.25) is 0 Å². The Kier molecular flexibility index (Phi) is 6.02. The van der Waals surface area contributed by atoms with Gasteiger partial charge in [0.25, 0.3) is 5.91 Å². The zero-order valence-electron chi connectivity index (χ0n) is 15.3. The molecule has 0 aliphatic heterocycles. The summed E-state index contributed by atoms with van der Waals surface area (Å²) in [6.45, 7) is 9.99. The van der Waals surface area contributed by atoms with Crippen LogP contribution in [0.4, 0.5) is 5.69 Å². The van der Waals surface area contributed by atoms with Crippen molar-refractivity contribution in [2.24, 2.45) is 0 Å². The molecule has 0 aliphatic rings. The van der Waals surface area contributed by atoms with Crippen LogP contribution < -0.4 is 10.1 Å². The minimum Gasteiger partial charge on any atom is -0.481 e. The molecule has 2 aromatic rings. The second kappa shape index (κ2) is 8.00. The molecular weight excluding hydrogens is 298 g/mol. The van der Waals surface area contributed by atoms with Crippen LogP contribution in [0.2, 0.25) is 0 Å². The van der Waals surface area contributed by atoms with E-state index < -0.39 is 6.10 Å². The summed E-state index contributed by atoms with van der Waals surface area (Å²) >= 11 is 0. The predicted molar refractivity (Wildman–Crippen MR) is 99.8 cm³/mol. The molecule has 0 aromatic heterocycles. The van der Waals surface area contributed by atoms with Crippen molar-refractivity contribution in [3.05, 3.63) is 58.7 Å². The number of carbonyl (C=O) groups excluding carboxylic acids is 1. The lowest BCUT2D eigenvalue weighted by molar-refractivity contribution is -0.122. The molecule has 0 saturated heterocycles. The molecule has 1 amide bonds. The Balaban J connectivity index is 2.16. The zero-order chi connectivity index (χ0) is 17.7. The van der Waals surface area contributed by atoms with E-state index in [2.05, 4.69) is 31.3 Å². The highest BCUT2D eigenvalue weighted by Crippen LogP contribution is 2.24. The first kappa shape index (κ1) is 18.1. The van der Waals surface area contributed by atoms with E-state index in [1.54, 1.807) is 6.92 Å². The molecular formula is C21H27NO2. The summed E-state index contributed by atoms with van der Waals surface area (Å²) < 4.78 is 5.89. The summed E-state index contributed by atoms with van der Waals surface area (Å²) in [5.74, 6) is 0.642. The third kappa shape index (κ3) is 4.16. The molecule has 3 nitrogen and oxygen atoms in total. The number of anilines is 1. The fourth-order valence-corrected chi connectivity index (χ4v) is 2.71. The largest absolute Gasteiger partial charge is 0.481 e. The van der Waals surface area contributed by atoms with E-state index in [1.807, 2.05) is 38.1 Å². The Hall–Kier alpha value is -2.29. The third-order valence-electron chi connectivity index (χ3n) is 4.26. The van der Waals surface area contributed by atoms with Crippen molar-refractivity contribution >= 4 is 11.6 Å². The van der Waals surface area contributed by atoms with Gasteiger partial charge in [0, 0.05) is 5.69 Å². The maximum absolute atomic E-state index is 12.6. The molecule has 1 N–H and O–H groups in total. The minimum atomic E-state index is -0.555. The molecule has 2 rings (SSSR count). The van der Waals surface area contributed by atoms with Crippen LogP contribution in [0.25, 0.3) is 0 Å². The van der Waals surface area contributed by atoms with Gasteiger partial charge in [-0.2, -0.15) is 0 Å². The van der Waals surface area contributed by atoms with E-state index >= 15 is 0 Å². The van der Waals surface area contributed by atoms with Crippen molar-refractivity contribution in [1.82, 2.24) is 0 Å². The molecule has 0 unspecified atom stereocenters. The van der Waals surface area contributed by atoms with Gasteiger partial charge in [0.1, 0.15) is 5.75 Å². The van der Waals surface area contributed by atoms with Crippen molar-refractivity contribution in [1.29, 1.82) is 0 Å². The van der Waals surface area contributed by atoms with Gasteiger partial charge in [-0.1, -0.05) is 44.2 Å². The van der Waals surface area contributed by atoms with Gasteiger partial charge in [-0.25, -0.2) is 0 Å². The number of ether oxygens (including phenoxy) is 1. The van der Waals surface area contributed by atoms with Crippen molar-refractivity contribution < 1.29 is 9.53 Å². The van der Waals surface area contributed by atoms with E-state index in [4.69, 9.17) is 4.74 Å². The lowest BCUT2D eigenvalue weighted by atomic mass is 10.0. The van der Waals surface area contributed by atoms with Gasteiger partial charge in [-0.3, -0.25) is 4.79 Å². The number of hydrogen-bond donors (Lipinski definition) is 1. The highest BCUT2D eigenvalue weighted by atomic mass is 16.5. The van der Waals surface area contributed by atoms with Gasteiger partial charge >= 0.3 is 0 Å². The summed E-state index contributed by atoms with van der Waals surface area (Å²) in [5, 5.41) is 3.07. The Labute approximate surface area is 145 Å². The van der Waals surface area contributed by atoms with E-state index in [0.717, 1.165) is 46.5 Å². The van der Waals surface area contributed by atoms with Crippen LogP contribution in [0.1, 0.15) is 43.0 Å². The molecule has 0 radical (unpaired) electrons. The fourth-order valence-electron chi connectivity index (χ4n) is 2.71. The number of rotatable bonds is 6. The Bertz CT molecular complexity index is 700. The maximum atomic E-state index is 12.6. The number of nitrogens with one attached hydrogen (secondary N) is 1. The number of amides is 1. The number of aryl methyl sites for hydroxylation is 4. The molecule has 3 heteroatoms. The lowest BCUT2D eigenvalue weighted by Crippen LogP contribution is -2.31. The van der Waals surface area contributed by atoms with Crippen molar-refractivity contribution in [2.75, 3.05) is 5.32 Å². The van der Waals surface area contributed by atoms with Crippen molar-refractivity contribution in [2.45, 2.75) is 53.6 Å². The second-order valence-electron chi connectivity index (χ2n) is 6.18. The van der Waals surface area contributed by atoms with Crippen LogP contribution in [-0.2, 0) is 17.6 Å². The van der Waals surface area contributed by atoms with Gasteiger partial charge in [-0.15, -0.1) is 0 Å². The third-order valence-corrected chi connectivity index (χ3v) is 4.26. The number of para-hydroxylation sites is 1. The first-order valence-corrected chi connectivity index (χ1v) is 8.61. The van der Waals surface area contributed by atoms with Crippen LogP contribution >= 0.6 is 0 Å². The van der Waals surface area contributed by atoms with E-state index in [0.29, 0.717) is 0 Å². The molecule has 2 aromatic carbocycles. The Morgan fingerprint density at radius 3 is 2.29 bits per heavy atom. The zero-order valence-corrected chi connectivity index (χ0v) is 15.3. The molecule has 0 saturated carbocycles. The second-order valence-corrected chi connectivity index (χ2v) is 6.18. The molecule has 0 heterocycles. The standard InChI is InChI=1S/C21H27NO2/c1-6-17-9-8-10-18(7-2)20(17)22-21(23)16(5)24-19-13-14(3)11-12-15(19)4/h8-13,16H,6-7H2,1-5H3,(H,22,23)/t16-/m0/s1. The molecule has 1 atom stereocenters. The normalized spacial score (nSPS) is 11.9. The predicted octanol–water partition coefficient (Wildman–Crippen LogP) is 4.83. The van der Waals surface area contributed by atoms with E-state index in [1.165, 1.54) is 0 Å². The van der Waals surface area contributed by atoms with Gasteiger partial charge in [-0.05, 0) is 61.9 Å². The van der Waals surface area contributed by atoms with Crippen LogP contribution in [0.3, 0.4) is 0 Å². The van der Waals surface area contributed by atoms with Gasteiger partial charge in [0.15, 0.2) is 6.10 Å². The minimum absolute atomic E-state index is 0.119. The monoisotopic (exact) mass is 325 g/mol. The molecule has 128 valence electrons. The number of benzene rings is 2. The quantitative estimate of drug-likeness (QED) is 0.826.